The minimum atomic E-state index is -0.513. The number of aromatic nitrogens is 3. The molecule has 0 radical (unpaired) electrons. The quantitative estimate of drug-likeness (QED) is 0.621. The van der Waals surface area contributed by atoms with Gasteiger partial charge in [-0.15, -0.1) is 0 Å². The predicted octanol–water partition coefficient (Wildman–Crippen LogP) is 4.49. The van der Waals surface area contributed by atoms with Gasteiger partial charge in [-0.25, -0.2) is 14.4 Å². The number of nitrogens with zero attached hydrogens (tertiary/aromatic N) is 4. The second-order valence-electron chi connectivity index (χ2n) is 7.50. The third-order valence-electron chi connectivity index (χ3n) is 6.00. The molecule has 0 bridgehead atoms. The van der Waals surface area contributed by atoms with E-state index in [1.54, 1.807) is 0 Å². The Hall–Kier alpha value is -1.98. The lowest BCUT2D eigenvalue weighted by molar-refractivity contribution is 0.241. The Morgan fingerprint density at radius 1 is 1.19 bits per heavy atom. The maximum absolute atomic E-state index is 13.3. The number of fused-ring (bicyclic) bond motifs is 5. The van der Waals surface area contributed by atoms with E-state index >= 15 is 0 Å². The molecule has 1 atom stereocenters. The van der Waals surface area contributed by atoms with Gasteiger partial charge in [0.05, 0.1) is 16.7 Å². The van der Waals surface area contributed by atoms with Crippen LogP contribution in [0.1, 0.15) is 41.4 Å². The number of halogens is 2. The average Bonchev–Trinajstić information content (AvgIpc) is 3.29. The van der Waals surface area contributed by atoms with Crippen LogP contribution >= 0.6 is 11.6 Å². The van der Waals surface area contributed by atoms with Crippen molar-refractivity contribution in [3.05, 3.63) is 58.1 Å². The molecule has 1 fully saturated rings. The van der Waals surface area contributed by atoms with Gasteiger partial charge in [-0.05, 0) is 49.6 Å². The van der Waals surface area contributed by atoms with Gasteiger partial charge in [0, 0.05) is 43.0 Å². The van der Waals surface area contributed by atoms with Crippen LogP contribution in [0.4, 0.5) is 4.39 Å². The zero-order valence-corrected chi connectivity index (χ0v) is 15.9. The van der Waals surface area contributed by atoms with Crippen LogP contribution in [-0.2, 0) is 26.1 Å². The van der Waals surface area contributed by atoms with E-state index in [1.807, 2.05) is 24.4 Å². The summed E-state index contributed by atoms with van der Waals surface area (Å²) in [7, 11) is 0. The molecule has 0 spiro atoms. The summed E-state index contributed by atoms with van der Waals surface area (Å²) in [5.41, 5.74) is 6.57. The highest BCUT2D eigenvalue weighted by Crippen LogP contribution is 2.42. The molecular formula is C21H22ClFN4. The molecule has 0 aliphatic carbocycles. The average molecular weight is 385 g/mol. The minimum absolute atomic E-state index is 0.442. The second kappa shape index (κ2) is 6.88. The van der Waals surface area contributed by atoms with Crippen LogP contribution in [0.5, 0.6) is 0 Å². The first-order valence-electron chi connectivity index (χ1n) is 9.66. The molecule has 3 aromatic rings. The van der Waals surface area contributed by atoms with Crippen LogP contribution in [0.2, 0.25) is 5.15 Å². The molecule has 6 heteroatoms. The number of pyridine rings is 2. The largest absolute Gasteiger partial charge is 0.343 e. The van der Waals surface area contributed by atoms with Crippen molar-refractivity contribution in [2.45, 2.75) is 44.9 Å². The molecule has 27 heavy (non-hydrogen) atoms. The summed E-state index contributed by atoms with van der Waals surface area (Å²) >= 11 is 5.90. The monoisotopic (exact) mass is 384 g/mol. The van der Waals surface area contributed by atoms with Gasteiger partial charge in [0.15, 0.2) is 0 Å². The lowest BCUT2D eigenvalue weighted by atomic mass is 9.98. The Labute approximate surface area is 163 Å². The van der Waals surface area contributed by atoms with Crippen LogP contribution in [0, 0.1) is 0 Å². The van der Waals surface area contributed by atoms with E-state index in [4.69, 9.17) is 16.6 Å². The van der Waals surface area contributed by atoms with Crippen molar-refractivity contribution in [2.24, 2.45) is 0 Å². The van der Waals surface area contributed by atoms with Gasteiger partial charge in [0.1, 0.15) is 11.8 Å². The molecule has 1 unspecified atom stereocenters. The van der Waals surface area contributed by atoms with Crippen molar-refractivity contribution in [3.8, 4) is 0 Å². The van der Waals surface area contributed by atoms with E-state index in [0.717, 1.165) is 43.5 Å². The molecule has 4 nitrogen and oxygen atoms in total. The van der Waals surface area contributed by atoms with Crippen LogP contribution in [-0.4, -0.2) is 32.5 Å². The van der Waals surface area contributed by atoms with Crippen molar-refractivity contribution in [3.63, 3.8) is 0 Å². The Kier molecular flexibility index (Phi) is 4.37. The van der Waals surface area contributed by atoms with Crippen LogP contribution < -0.4 is 0 Å². The molecule has 2 aliphatic rings. The van der Waals surface area contributed by atoms with Gasteiger partial charge in [-0.3, -0.25) is 4.90 Å². The highest BCUT2D eigenvalue weighted by molar-refractivity contribution is 6.29. The third-order valence-corrected chi connectivity index (χ3v) is 6.22. The number of alkyl halides is 1. The lowest BCUT2D eigenvalue weighted by Crippen LogP contribution is -2.31. The molecule has 0 amide bonds. The van der Waals surface area contributed by atoms with Crippen LogP contribution in [0.15, 0.2) is 30.5 Å². The number of rotatable bonds is 4. The van der Waals surface area contributed by atoms with Crippen LogP contribution in [0.3, 0.4) is 0 Å². The number of aryl methyl sites for hydroxylation is 2. The molecule has 5 heterocycles. The van der Waals surface area contributed by atoms with Crippen molar-refractivity contribution < 1.29 is 4.39 Å². The Morgan fingerprint density at radius 2 is 2.11 bits per heavy atom. The Morgan fingerprint density at radius 3 is 2.93 bits per heavy atom. The normalized spacial score (nSPS) is 19.4. The van der Waals surface area contributed by atoms with Crippen molar-refractivity contribution >= 4 is 22.6 Å². The topological polar surface area (TPSA) is 34.0 Å². The molecule has 0 aromatic carbocycles. The van der Waals surface area contributed by atoms with E-state index in [1.165, 1.54) is 29.7 Å². The van der Waals surface area contributed by atoms with E-state index in [9.17, 15) is 4.39 Å². The second-order valence-corrected chi connectivity index (χ2v) is 7.89. The maximum Gasteiger partial charge on any atom is 0.131 e. The molecule has 1 saturated heterocycles. The zero-order valence-electron chi connectivity index (χ0n) is 15.2. The van der Waals surface area contributed by atoms with Crippen molar-refractivity contribution in [1.29, 1.82) is 0 Å². The standard InChI is InChI=1S/C21H22ClFN4/c22-19-6-3-14(13-24-19)7-11-27-17-8-10-26-9-1-2-16(26)20(17)21-18(27)5-4-15(12-23)25-21/h3-6,13,16H,1-2,7-12H2. The van der Waals surface area contributed by atoms with Crippen LogP contribution in [0.25, 0.3) is 11.0 Å². The smallest absolute Gasteiger partial charge is 0.131 e. The highest BCUT2D eigenvalue weighted by atomic mass is 35.5. The van der Waals surface area contributed by atoms with E-state index in [0.29, 0.717) is 16.9 Å². The summed E-state index contributed by atoms with van der Waals surface area (Å²) in [4.78, 5) is 11.5. The molecule has 2 aliphatic heterocycles. The van der Waals surface area contributed by atoms with Gasteiger partial charge in [-0.1, -0.05) is 17.7 Å². The molecular weight excluding hydrogens is 363 g/mol. The Balaban J connectivity index is 1.58. The number of hydrogen-bond donors (Lipinski definition) is 0. The molecule has 0 N–H and O–H groups in total. The molecule has 3 aromatic heterocycles. The summed E-state index contributed by atoms with van der Waals surface area (Å²) in [6.07, 6.45) is 6.18. The van der Waals surface area contributed by atoms with Gasteiger partial charge >= 0.3 is 0 Å². The SMILES string of the molecule is FCc1ccc2c(n1)c1c(n2CCc2ccc(Cl)nc2)CCN2CCCC12. The molecule has 5 rings (SSSR count). The zero-order chi connectivity index (χ0) is 18.4. The predicted molar refractivity (Wildman–Crippen MR) is 105 cm³/mol. The fourth-order valence-corrected chi connectivity index (χ4v) is 4.86. The maximum atomic E-state index is 13.3. The first-order chi connectivity index (χ1) is 13.2. The molecule has 0 saturated carbocycles. The molecule has 140 valence electrons. The van der Waals surface area contributed by atoms with Gasteiger partial charge in [-0.2, -0.15) is 0 Å². The van der Waals surface area contributed by atoms with E-state index in [-0.39, 0.29) is 0 Å². The van der Waals surface area contributed by atoms with Gasteiger partial charge in [0.25, 0.3) is 0 Å². The fraction of sp³-hybridized carbons (Fsp3) is 0.429. The highest BCUT2D eigenvalue weighted by Gasteiger charge is 2.35. The first-order valence-corrected chi connectivity index (χ1v) is 10.0. The summed E-state index contributed by atoms with van der Waals surface area (Å²) in [6, 6.07) is 8.18. The van der Waals surface area contributed by atoms with Gasteiger partial charge < -0.3 is 4.57 Å². The van der Waals surface area contributed by atoms with E-state index in [2.05, 4.69) is 20.5 Å². The Bertz CT molecular complexity index is 982. The number of hydrogen-bond acceptors (Lipinski definition) is 3. The van der Waals surface area contributed by atoms with Crippen molar-refractivity contribution in [2.75, 3.05) is 13.1 Å². The first kappa shape index (κ1) is 17.1. The summed E-state index contributed by atoms with van der Waals surface area (Å²) < 4.78 is 15.7. The van der Waals surface area contributed by atoms with Crippen molar-refractivity contribution in [1.82, 2.24) is 19.4 Å². The minimum Gasteiger partial charge on any atom is -0.343 e. The van der Waals surface area contributed by atoms with Gasteiger partial charge in [0.2, 0.25) is 0 Å². The summed E-state index contributed by atoms with van der Waals surface area (Å²) in [5, 5.41) is 0.520. The fourth-order valence-electron chi connectivity index (χ4n) is 4.75. The van der Waals surface area contributed by atoms with E-state index < -0.39 is 6.67 Å². The third kappa shape index (κ3) is 2.93. The lowest BCUT2D eigenvalue weighted by Gasteiger charge is -2.30. The summed E-state index contributed by atoms with van der Waals surface area (Å²) in [6.45, 7) is 2.63. The summed E-state index contributed by atoms with van der Waals surface area (Å²) in [5.74, 6) is 0.